The van der Waals surface area contributed by atoms with Crippen LogP contribution in [0.5, 0.6) is 0 Å². The van der Waals surface area contributed by atoms with Crippen molar-refractivity contribution in [3.05, 3.63) is 47.3 Å². The van der Waals surface area contributed by atoms with Gasteiger partial charge in [-0.25, -0.2) is 0 Å². The topological polar surface area (TPSA) is 41.6 Å². The van der Waals surface area contributed by atoms with Crippen LogP contribution in [0.2, 0.25) is 0 Å². The van der Waals surface area contributed by atoms with Gasteiger partial charge in [0.25, 0.3) is 0 Å². The Kier molecular flexibility index (Phi) is 5.44. The van der Waals surface area contributed by atoms with E-state index in [9.17, 15) is 0 Å². The molecule has 0 atom stereocenters. The molecule has 0 fully saturated rings. The Balaban J connectivity index is 1.87. The Morgan fingerprint density at radius 2 is 2.05 bits per heavy atom. The first-order valence-corrected chi connectivity index (χ1v) is 7.19. The number of nitrogens with one attached hydrogen (secondary N) is 1. The van der Waals surface area contributed by atoms with Gasteiger partial charge >= 0.3 is 0 Å². The van der Waals surface area contributed by atoms with Crippen LogP contribution in [0, 0.1) is 6.92 Å². The van der Waals surface area contributed by atoms with Crippen LogP contribution in [0.4, 0.5) is 0 Å². The van der Waals surface area contributed by atoms with Crippen LogP contribution in [0.1, 0.15) is 36.2 Å². The molecule has 0 aliphatic rings. The molecule has 4 nitrogen and oxygen atoms in total. The lowest BCUT2D eigenvalue weighted by atomic mass is 10.2. The fraction of sp³-hybridized carbons (Fsp3) is 0.500. The summed E-state index contributed by atoms with van der Waals surface area (Å²) in [4.78, 5) is 2.19. The second-order valence-corrected chi connectivity index (χ2v) is 5.23. The summed E-state index contributed by atoms with van der Waals surface area (Å²) in [6, 6.07) is 6.07. The molecule has 20 heavy (non-hydrogen) atoms. The van der Waals surface area contributed by atoms with Crippen LogP contribution in [0.3, 0.4) is 0 Å². The third-order valence-corrected chi connectivity index (χ3v) is 3.22. The highest BCUT2D eigenvalue weighted by molar-refractivity contribution is 5.17. The van der Waals surface area contributed by atoms with E-state index < -0.39 is 0 Å². The van der Waals surface area contributed by atoms with Gasteiger partial charge in [0.1, 0.15) is 17.3 Å². The van der Waals surface area contributed by atoms with Crippen molar-refractivity contribution in [2.75, 3.05) is 13.6 Å². The molecule has 0 amide bonds. The summed E-state index contributed by atoms with van der Waals surface area (Å²) in [6.07, 6.45) is 2.91. The van der Waals surface area contributed by atoms with Crippen LogP contribution < -0.4 is 5.32 Å². The van der Waals surface area contributed by atoms with E-state index in [1.54, 1.807) is 6.26 Å². The molecular formula is C16H24N2O2. The summed E-state index contributed by atoms with van der Waals surface area (Å²) in [5, 5.41) is 3.41. The van der Waals surface area contributed by atoms with E-state index in [1.165, 1.54) is 5.56 Å². The van der Waals surface area contributed by atoms with E-state index in [4.69, 9.17) is 8.83 Å². The van der Waals surface area contributed by atoms with Gasteiger partial charge in [-0.1, -0.05) is 6.92 Å². The van der Waals surface area contributed by atoms with E-state index in [1.807, 2.05) is 25.1 Å². The third kappa shape index (κ3) is 4.25. The fourth-order valence-electron chi connectivity index (χ4n) is 2.20. The molecule has 4 heteroatoms. The minimum atomic E-state index is 0.788. The molecule has 0 radical (unpaired) electrons. The molecule has 0 spiro atoms. The van der Waals surface area contributed by atoms with Crippen molar-refractivity contribution in [2.24, 2.45) is 0 Å². The van der Waals surface area contributed by atoms with Gasteiger partial charge in [0.2, 0.25) is 0 Å². The highest BCUT2D eigenvalue weighted by atomic mass is 16.3. The average Bonchev–Trinajstić information content (AvgIpc) is 3.00. The van der Waals surface area contributed by atoms with Crippen LogP contribution >= 0.6 is 0 Å². The van der Waals surface area contributed by atoms with E-state index in [2.05, 4.69) is 24.2 Å². The summed E-state index contributed by atoms with van der Waals surface area (Å²) in [7, 11) is 2.07. The van der Waals surface area contributed by atoms with Gasteiger partial charge in [-0.3, -0.25) is 4.90 Å². The summed E-state index contributed by atoms with van der Waals surface area (Å²) < 4.78 is 11.2. The zero-order valence-corrected chi connectivity index (χ0v) is 12.6. The molecule has 2 aromatic heterocycles. The van der Waals surface area contributed by atoms with Crippen LogP contribution in [0.15, 0.2) is 33.3 Å². The van der Waals surface area contributed by atoms with Crippen molar-refractivity contribution in [3.63, 3.8) is 0 Å². The van der Waals surface area contributed by atoms with Crippen LogP contribution in [0.25, 0.3) is 0 Å². The molecule has 1 N–H and O–H groups in total. The van der Waals surface area contributed by atoms with Crippen molar-refractivity contribution in [1.29, 1.82) is 0 Å². The number of aryl methyl sites for hydroxylation is 1. The van der Waals surface area contributed by atoms with E-state index >= 15 is 0 Å². The lowest BCUT2D eigenvalue weighted by Gasteiger charge is -2.14. The maximum absolute atomic E-state index is 5.60. The molecule has 110 valence electrons. The highest BCUT2D eigenvalue weighted by Crippen LogP contribution is 2.15. The highest BCUT2D eigenvalue weighted by Gasteiger charge is 2.10. The van der Waals surface area contributed by atoms with E-state index in [0.717, 1.165) is 49.9 Å². The van der Waals surface area contributed by atoms with E-state index in [-0.39, 0.29) is 0 Å². The van der Waals surface area contributed by atoms with Crippen molar-refractivity contribution >= 4 is 0 Å². The van der Waals surface area contributed by atoms with Crippen LogP contribution in [-0.4, -0.2) is 18.5 Å². The molecule has 2 heterocycles. The Hall–Kier alpha value is -1.52. The monoisotopic (exact) mass is 276 g/mol. The lowest BCUT2D eigenvalue weighted by Crippen LogP contribution is -2.19. The maximum Gasteiger partial charge on any atom is 0.122 e. The van der Waals surface area contributed by atoms with Crippen molar-refractivity contribution in [3.8, 4) is 0 Å². The molecule has 2 aromatic rings. The van der Waals surface area contributed by atoms with Crippen LogP contribution in [-0.2, 0) is 19.6 Å². The molecule has 2 rings (SSSR count). The number of nitrogens with zero attached hydrogens (tertiary/aromatic N) is 1. The first-order valence-electron chi connectivity index (χ1n) is 7.19. The first-order chi connectivity index (χ1) is 9.69. The number of rotatable bonds is 8. The van der Waals surface area contributed by atoms with Gasteiger partial charge in [-0.2, -0.15) is 0 Å². The largest absolute Gasteiger partial charge is 0.468 e. The first kappa shape index (κ1) is 14.9. The Morgan fingerprint density at radius 1 is 1.20 bits per heavy atom. The summed E-state index contributed by atoms with van der Waals surface area (Å²) in [5.74, 6) is 2.97. The second-order valence-electron chi connectivity index (χ2n) is 5.23. The smallest absolute Gasteiger partial charge is 0.122 e. The summed E-state index contributed by atoms with van der Waals surface area (Å²) >= 11 is 0. The maximum atomic E-state index is 5.60. The molecule has 0 aromatic carbocycles. The Morgan fingerprint density at radius 3 is 2.75 bits per heavy atom. The quantitative estimate of drug-likeness (QED) is 0.751. The Labute approximate surface area is 120 Å². The molecule has 0 aliphatic carbocycles. The second kappa shape index (κ2) is 7.31. The summed E-state index contributed by atoms with van der Waals surface area (Å²) in [6.45, 7) is 7.61. The van der Waals surface area contributed by atoms with Crippen molar-refractivity contribution in [2.45, 2.75) is 39.9 Å². The molecule has 0 bridgehead atoms. The number of hydrogen-bond acceptors (Lipinski definition) is 4. The normalized spacial score (nSPS) is 11.4. The minimum Gasteiger partial charge on any atom is -0.468 e. The average molecular weight is 276 g/mol. The molecule has 0 unspecified atom stereocenters. The van der Waals surface area contributed by atoms with E-state index in [0.29, 0.717) is 0 Å². The summed E-state index contributed by atoms with van der Waals surface area (Å²) in [5.41, 5.74) is 1.24. The molecular weight excluding hydrogens is 252 g/mol. The van der Waals surface area contributed by atoms with Gasteiger partial charge in [-0.05, 0) is 45.1 Å². The van der Waals surface area contributed by atoms with Gasteiger partial charge in [0, 0.05) is 12.1 Å². The third-order valence-electron chi connectivity index (χ3n) is 3.22. The molecule has 0 saturated heterocycles. The van der Waals surface area contributed by atoms with Gasteiger partial charge < -0.3 is 14.2 Å². The fourth-order valence-corrected chi connectivity index (χ4v) is 2.20. The standard InChI is InChI=1S/C16H24N2O2/c1-4-8-17-10-14-7-9-19-16(14)12-18(3)11-15-6-5-13(2)20-15/h5-7,9,17H,4,8,10-12H2,1-3H3. The predicted molar refractivity (Wildman–Crippen MR) is 79.3 cm³/mol. The zero-order chi connectivity index (χ0) is 14.4. The lowest BCUT2D eigenvalue weighted by molar-refractivity contribution is 0.261. The molecule has 0 saturated carbocycles. The number of hydrogen-bond donors (Lipinski definition) is 1. The SMILES string of the molecule is CCCNCc1ccoc1CN(C)Cc1ccc(C)o1. The Bertz CT molecular complexity index is 516. The zero-order valence-electron chi connectivity index (χ0n) is 12.6. The molecule has 0 aliphatic heterocycles. The van der Waals surface area contributed by atoms with Crippen molar-refractivity contribution in [1.82, 2.24) is 10.2 Å². The van der Waals surface area contributed by atoms with Crippen molar-refractivity contribution < 1.29 is 8.83 Å². The van der Waals surface area contributed by atoms with Gasteiger partial charge in [0.15, 0.2) is 0 Å². The number of furan rings is 2. The van der Waals surface area contributed by atoms with Gasteiger partial charge in [0.05, 0.1) is 19.4 Å². The van der Waals surface area contributed by atoms with Gasteiger partial charge in [-0.15, -0.1) is 0 Å². The minimum absolute atomic E-state index is 0.788. The predicted octanol–water partition coefficient (Wildman–Crippen LogP) is 3.31.